The molecule has 0 radical (unpaired) electrons. The van der Waals surface area contributed by atoms with E-state index in [9.17, 15) is 22.8 Å². The molecular formula is C21H19F3N2O4. The predicted molar refractivity (Wildman–Crippen MR) is 104 cm³/mol. The number of para-hydroxylation sites is 1. The second-order valence-corrected chi connectivity index (χ2v) is 6.41. The highest BCUT2D eigenvalue weighted by molar-refractivity contribution is 6.37. The molecule has 0 aromatic heterocycles. The van der Waals surface area contributed by atoms with Gasteiger partial charge in [0.2, 0.25) is 0 Å². The summed E-state index contributed by atoms with van der Waals surface area (Å²) in [5.74, 6) is -1.13. The summed E-state index contributed by atoms with van der Waals surface area (Å²) in [7, 11) is 1.44. The lowest BCUT2D eigenvalue weighted by molar-refractivity contribution is -0.274. The Labute approximate surface area is 170 Å². The first-order chi connectivity index (χ1) is 14.2. The largest absolute Gasteiger partial charge is 0.573 e. The highest BCUT2D eigenvalue weighted by Gasteiger charge is 2.39. The molecule has 0 fully saturated rings. The zero-order chi connectivity index (χ0) is 21.9. The molecule has 6 nitrogen and oxygen atoms in total. The monoisotopic (exact) mass is 420 g/mol. The van der Waals surface area contributed by atoms with Crippen molar-refractivity contribution in [3.63, 3.8) is 0 Å². The number of carbonyl (C=O) groups is 2. The fourth-order valence-corrected chi connectivity index (χ4v) is 3.14. The van der Waals surface area contributed by atoms with E-state index < -0.39 is 23.9 Å². The van der Waals surface area contributed by atoms with Gasteiger partial charge in [0.25, 0.3) is 11.8 Å². The number of nitrogens with one attached hydrogen (secondary N) is 1. The Hall–Kier alpha value is -3.49. The van der Waals surface area contributed by atoms with Crippen LogP contribution in [-0.2, 0) is 9.59 Å². The standard InChI is InChI=1S/C21H19F3N2O4/c1-3-11-26-19(27)17(15-9-4-5-10-16(15)29-2)18(20(26)28)25-13-7-6-8-14(12-13)30-21(22,23)24/h4-10,12,25H,3,11H2,1-2H3. The van der Waals surface area contributed by atoms with Crippen LogP contribution >= 0.6 is 0 Å². The van der Waals surface area contributed by atoms with E-state index in [4.69, 9.17) is 4.74 Å². The SMILES string of the molecule is CCCN1C(=O)C(Nc2cccc(OC(F)(F)F)c2)=C(c2ccccc2OC)C1=O. The third-order valence-corrected chi connectivity index (χ3v) is 4.33. The topological polar surface area (TPSA) is 67.9 Å². The second kappa shape index (κ2) is 8.48. The number of rotatable bonds is 7. The normalized spacial score (nSPS) is 14.4. The number of imide groups is 1. The minimum Gasteiger partial charge on any atom is -0.496 e. The summed E-state index contributed by atoms with van der Waals surface area (Å²) in [6.45, 7) is 2.03. The molecule has 158 valence electrons. The van der Waals surface area contributed by atoms with E-state index in [-0.39, 0.29) is 23.5 Å². The summed E-state index contributed by atoms with van der Waals surface area (Å²) in [5.41, 5.74) is 0.621. The summed E-state index contributed by atoms with van der Waals surface area (Å²) in [6.07, 6.45) is -4.30. The lowest BCUT2D eigenvalue weighted by Crippen LogP contribution is -2.33. The van der Waals surface area contributed by atoms with Crippen molar-refractivity contribution in [2.75, 3.05) is 19.0 Å². The summed E-state index contributed by atoms with van der Waals surface area (Å²) in [6, 6.07) is 11.8. The number of halogens is 3. The predicted octanol–water partition coefficient (Wildman–Crippen LogP) is 4.20. The lowest BCUT2D eigenvalue weighted by Gasteiger charge is -2.14. The van der Waals surface area contributed by atoms with Crippen LogP contribution in [0.2, 0.25) is 0 Å². The summed E-state index contributed by atoms with van der Waals surface area (Å²) < 4.78 is 46.8. The smallest absolute Gasteiger partial charge is 0.496 e. The van der Waals surface area contributed by atoms with Crippen LogP contribution in [0.4, 0.5) is 18.9 Å². The van der Waals surface area contributed by atoms with Crippen molar-refractivity contribution in [3.05, 3.63) is 59.8 Å². The minimum absolute atomic E-state index is 0.0397. The van der Waals surface area contributed by atoms with E-state index in [0.717, 1.165) is 17.0 Å². The molecule has 0 unspecified atom stereocenters. The number of anilines is 1. The van der Waals surface area contributed by atoms with E-state index in [1.165, 1.54) is 19.2 Å². The van der Waals surface area contributed by atoms with Gasteiger partial charge in [-0.25, -0.2) is 0 Å². The van der Waals surface area contributed by atoms with Crippen LogP contribution in [0, 0.1) is 0 Å². The molecule has 0 saturated carbocycles. The van der Waals surface area contributed by atoms with Gasteiger partial charge in [0.15, 0.2) is 0 Å². The van der Waals surface area contributed by atoms with Crippen molar-refractivity contribution < 1.29 is 32.2 Å². The molecule has 2 aromatic carbocycles. The number of hydrogen-bond donors (Lipinski definition) is 1. The molecule has 1 N–H and O–H groups in total. The van der Waals surface area contributed by atoms with Crippen LogP contribution in [0.25, 0.3) is 5.57 Å². The minimum atomic E-state index is -4.85. The lowest BCUT2D eigenvalue weighted by atomic mass is 10.0. The van der Waals surface area contributed by atoms with Crippen LogP contribution in [0.15, 0.2) is 54.2 Å². The van der Waals surface area contributed by atoms with Gasteiger partial charge in [-0.2, -0.15) is 0 Å². The maximum Gasteiger partial charge on any atom is 0.573 e. The molecule has 0 aliphatic carbocycles. The molecule has 9 heteroatoms. The van der Waals surface area contributed by atoms with E-state index in [1.807, 2.05) is 6.92 Å². The average Bonchev–Trinajstić information content (AvgIpc) is 2.91. The highest BCUT2D eigenvalue weighted by atomic mass is 19.4. The van der Waals surface area contributed by atoms with Crippen molar-refractivity contribution in [2.45, 2.75) is 19.7 Å². The Bertz CT molecular complexity index is 1000. The first-order valence-corrected chi connectivity index (χ1v) is 9.12. The molecule has 2 aromatic rings. The van der Waals surface area contributed by atoms with Gasteiger partial charge >= 0.3 is 6.36 Å². The van der Waals surface area contributed by atoms with Crippen LogP contribution < -0.4 is 14.8 Å². The van der Waals surface area contributed by atoms with Crippen LogP contribution in [-0.4, -0.2) is 36.7 Å². The van der Waals surface area contributed by atoms with Gasteiger partial charge in [0.1, 0.15) is 17.2 Å². The maximum absolute atomic E-state index is 13.0. The van der Waals surface area contributed by atoms with Gasteiger partial charge in [0, 0.05) is 23.9 Å². The van der Waals surface area contributed by atoms with Crippen LogP contribution in [0.5, 0.6) is 11.5 Å². The summed E-state index contributed by atoms with van der Waals surface area (Å²) in [4.78, 5) is 27.0. The number of alkyl halides is 3. The molecule has 0 atom stereocenters. The number of nitrogens with zero attached hydrogens (tertiary/aromatic N) is 1. The van der Waals surface area contributed by atoms with Crippen molar-refractivity contribution in [1.82, 2.24) is 4.90 Å². The van der Waals surface area contributed by atoms with E-state index in [0.29, 0.717) is 17.7 Å². The zero-order valence-electron chi connectivity index (χ0n) is 16.2. The fraction of sp³-hybridized carbons (Fsp3) is 0.238. The number of ether oxygens (including phenoxy) is 2. The summed E-state index contributed by atoms with van der Waals surface area (Å²) >= 11 is 0. The Balaban J connectivity index is 2.06. The Morgan fingerprint density at radius 2 is 1.77 bits per heavy atom. The molecule has 1 aliphatic rings. The molecule has 0 saturated heterocycles. The van der Waals surface area contributed by atoms with E-state index in [2.05, 4.69) is 10.1 Å². The van der Waals surface area contributed by atoms with Gasteiger partial charge in [0.05, 0.1) is 12.7 Å². The Morgan fingerprint density at radius 1 is 1.03 bits per heavy atom. The van der Waals surface area contributed by atoms with Crippen molar-refractivity contribution >= 4 is 23.1 Å². The maximum atomic E-state index is 13.0. The third-order valence-electron chi connectivity index (χ3n) is 4.33. The van der Waals surface area contributed by atoms with Gasteiger partial charge < -0.3 is 14.8 Å². The number of methoxy groups -OCH3 is 1. The van der Waals surface area contributed by atoms with E-state index in [1.54, 1.807) is 24.3 Å². The van der Waals surface area contributed by atoms with Crippen LogP contribution in [0.1, 0.15) is 18.9 Å². The van der Waals surface area contributed by atoms with Gasteiger partial charge in [-0.05, 0) is 24.6 Å². The van der Waals surface area contributed by atoms with Crippen molar-refractivity contribution in [3.8, 4) is 11.5 Å². The van der Waals surface area contributed by atoms with Crippen molar-refractivity contribution in [2.24, 2.45) is 0 Å². The van der Waals surface area contributed by atoms with E-state index >= 15 is 0 Å². The molecule has 0 bridgehead atoms. The Morgan fingerprint density at radius 3 is 2.43 bits per heavy atom. The number of carbonyl (C=O) groups excluding carboxylic acids is 2. The molecule has 0 spiro atoms. The Kier molecular flexibility index (Phi) is 6.00. The highest BCUT2D eigenvalue weighted by Crippen LogP contribution is 2.36. The average molecular weight is 420 g/mol. The summed E-state index contributed by atoms with van der Waals surface area (Å²) in [5, 5.41) is 2.80. The quantitative estimate of drug-likeness (QED) is 0.681. The van der Waals surface area contributed by atoms with Gasteiger partial charge in [-0.15, -0.1) is 13.2 Å². The molecule has 1 heterocycles. The number of hydrogen-bond acceptors (Lipinski definition) is 5. The second-order valence-electron chi connectivity index (χ2n) is 6.41. The first-order valence-electron chi connectivity index (χ1n) is 9.12. The number of amides is 2. The fourth-order valence-electron chi connectivity index (χ4n) is 3.14. The molecule has 3 rings (SSSR count). The molecular weight excluding hydrogens is 401 g/mol. The third kappa shape index (κ3) is 4.40. The molecule has 2 amide bonds. The zero-order valence-corrected chi connectivity index (χ0v) is 16.2. The number of benzene rings is 2. The first kappa shape index (κ1) is 21.2. The van der Waals surface area contributed by atoms with Crippen LogP contribution in [0.3, 0.4) is 0 Å². The molecule has 1 aliphatic heterocycles. The van der Waals surface area contributed by atoms with Crippen molar-refractivity contribution in [1.29, 1.82) is 0 Å². The van der Waals surface area contributed by atoms with Gasteiger partial charge in [-0.1, -0.05) is 31.2 Å². The molecule has 30 heavy (non-hydrogen) atoms. The van der Waals surface area contributed by atoms with Gasteiger partial charge in [-0.3, -0.25) is 14.5 Å².